The van der Waals surface area contributed by atoms with E-state index < -0.39 is 16.0 Å². The number of aromatic nitrogens is 1. The van der Waals surface area contributed by atoms with Crippen molar-refractivity contribution < 1.29 is 18.3 Å². The monoisotopic (exact) mass is 312 g/mol. The van der Waals surface area contributed by atoms with E-state index in [2.05, 4.69) is 9.71 Å². The summed E-state index contributed by atoms with van der Waals surface area (Å²) in [6.45, 7) is 0. The van der Waals surface area contributed by atoms with Gasteiger partial charge in [0.05, 0.1) is 5.69 Å². The summed E-state index contributed by atoms with van der Waals surface area (Å²) in [5.41, 5.74) is 0.279. The number of sulfonamides is 1. The number of benzene rings is 1. The number of hydrogen-bond acceptors (Lipinski definition) is 4. The van der Waals surface area contributed by atoms with Crippen LogP contribution in [0.2, 0.25) is 0 Å². The minimum Gasteiger partial charge on any atom is -0.477 e. The highest BCUT2D eigenvalue weighted by Crippen LogP contribution is 2.27. The molecule has 3 N–H and O–H groups in total. The Labute approximate surface area is 120 Å². The first-order valence-electron chi connectivity index (χ1n) is 5.51. The molecular weight excluding hydrogens is 300 g/mol. The van der Waals surface area contributed by atoms with E-state index in [-0.39, 0.29) is 10.6 Å². The van der Waals surface area contributed by atoms with Gasteiger partial charge in [-0.15, -0.1) is 11.8 Å². The molecule has 0 bridgehead atoms. The number of aromatic amines is 1. The van der Waals surface area contributed by atoms with Gasteiger partial charge in [0.25, 0.3) is 10.0 Å². The summed E-state index contributed by atoms with van der Waals surface area (Å²) in [6.07, 6.45) is 2.99. The average Bonchev–Trinajstić information content (AvgIpc) is 2.89. The summed E-state index contributed by atoms with van der Waals surface area (Å²) in [5, 5.41) is 8.79. The third-order valence-electron chi connectivity index (χ3n) is 2.55. The molecule has 20 heavy (non-hydrogen) atoms. The Kier molecular flexibility index (Phi) is 4.05. The van der Waals surface area contributed by atoms with Crippen molar-refractivity contribution in [2.45, 2.75) is 9.79 Å². The lowest BCUT2D eigenvalue weighted by Gasteiger charge is -2.09. The van der Waals surface area contributed by atoms with E-state index in [0.29, 0.717) is 5.69 Å². The zero-order valence-corrected chi connectivity index (χ0v) is 12.1. The quantitative estimate of drug-likeness (QED) is 0.735. The second-order valence-electron chi connectivity index (χ2n) is 3.86. The van der Waals surface area contributed by atoms with E-state index in [0.717, 1.165) is 17.2 Å². The van der Waals surface area contributed by atoms with E-state index in [1.165, 1.54) is 11.8 Å². The number of carbonyl (C=O) groups is 1. The molecule has 1 aromatic heterocycles. The molecule has 0 unspecified atom stereocenters. The van der Waals surface area contributed by atoms with Crippen molar-refractivity contribution in [1.29, 1.82) is 0 Å². The minimum absolute atomic E-state index is 0.120. The van der Waals surface area contributed by atoms with Crippen LogP contribution in [-0.4, -0.2) is 30.7 Å². The van der Waals surface area contributed by atoms with Gasteiger partial charge >= 0.3 is 5.97 Å². The lowest BCUT2D eigenvalue weighted by Crippen LogP contribution is -2.12. The molecule has 0 saturated carbocycles. The van der Waals surface area contributed by atoms with Crippen LogP contribution in [0.25, 0.3) is 0 Å². The minimum atomic E-state index is -3.82. The van der Waals surface area contributed by atoms with Gasteiger partial charge in [-0.1, -0.05) is 12.1 Å². The molecule has 106 valence electrons. The normalized spacial score (nSPS) is 11.2. The third-order valence-corrected chi connectivity index (χ3v) is 4.69. The molecule has 0 aliphatic heterocycles. The van der Waals surface area contributed by atoms with Gasteiger partial charge in [0.1, 0.15) is 10.6 Å². The van der Waals surface area contributed by atoms with Gasteiger partial charge in [0.15, 0.2) is 0 Å². The Balaban J connectivity index is 2.33. The Morgan fingerprint density at radius 3 is 2.65 bits per heavy atom. The van der Waals surface area contributed by atoms with Crippen LogP contribution in [0.1, 0.15) is 10.5 Å². The molecule has 0 atom stereocenters. The van der Waals surface area contributed by atoms with Gasteiger partial charge in [0.2, 0.25) is 0 Å². The van der Waals surface area contributed by atoms with Gasteiger partial charge < -0.3 is 10.1 Å². The largest absolute Gasteiger partial charge is 0.477 e. The number of para-hydroxylation sites is 1. The molecule has 2 aromatic rings. The zero-order valence-electron chi connectivity index (χ0n) is 10.5. The van der Waals surface area contributed by atoms with Crippen LogP contribution >= 0.6 is 11.8 Å². The molecule has 1 aromatic carbocycles. The van der Waals surface area contributed by atoms with Crippen molar-refractivity contribution in [3.05, 3.63) is 42.2 Å². The molecule has 1 heterocycles. The number of nitrogens with one attached hydrogen (secondary N) is 2. The Morgan fingerprint density at radius 1 is 1.35 bits per heavy atom. The summed E-state index contributed by atoms with van der Waals surface area (Å²) < 4.78 is 26.8. The van der Waals surface area contributed by atoms with Crippen molar-refractivity contribution in [1.82, 2.24) is 4.98 Å². The predicted molar refractivity (Wildman–Crippen MR) is 76.8 cm³/mol. The van der Waals surface area contributed by atoms with Crippen LogP contribution in [-0.2, 0) is 10.0 Å². The molecular formula is C12H12N2O4S2. The first-order chi connectivity index (χ1) is 9.44. The first-order valence-corrected chi connectivity index (χ1v) is 8.22. The Bertz CT molecular complexity index is 737. The SMILES string of the molecule is CSc1ccccc1NS(=O)(=O)c1c[nH]c(C(=O)O)c1. The van der Waals surface area contributed by atoms with Crippen LogP contribution < -0.4 is 4.72 Å². The molecule has 0 saturated heterocycles. The van der Waals surface area contributed by atoms with Gasteiger partial charge in [-0.25, -0.2) is 13.2 Å². The number of carboxylic acids is 1. The fourth-order valence-electron chi connectivity index (χ4n) is 1.59. The maximum Gasteiger partial charge on any atom is 0.352 e. The number of hydrogen-bond donors (Lipinski definition) is 3. The number of H-pyrrole nitrogens is 1. The summed E-state index contributed by atoms with van der Waals surface area (Å²) in [6, 6.07) is 8.04. The van der Waals surface area contributed by atoms with Crippen molar-refractivity contribution in [3.63, 3.8) is 0 Å². The van der Waals surface area contributed by atoms with Crippen molar-refractivity contribution >= 4 is 33.4 Å². The Hall–Kier alpha value is -1.93. The fourth-order valence-corrected chi connectivity index (χ4v) is 3.28. The predicted octanol–water partition coefficient (Wildman–Crippen LogP) is 2.24. The van der Waals surface area contributed by atoms with Crippen LogP contribution in [0.5, 0.6) is 0 Å². The molecule has 0 spiro atoms. The van der Waals surface area contributed by atoms with Gasteiger partial charge in [0, 0.05) is 11.1 Å². The fraction of sp³-hybridized carbons (Fsp3) is 0.0833. The van der Waals surface area contributed by atoms with Crippen LogP contribution in [0.15, 0.2) is 46.3 Å². The summed E-state index contributed by atoms with van der Waals surface area (Å²) in [4.78, 5) is 13.8. The summed E-state index contributed by atoms with van der Waals surface area (Å²) >= 11 is 1.41. The molecule has 0 aliphatic carbocycles. The number of aromatic carboxylic acids is 1. The van der Waals surface area contributed by atoms with E-state index >= 15 is 0 Å². The van der Waals surface area contributed by atoms with E-state index in [1.54, 1.807) is 18.2 Å². The van der Waals surface area contributed by atoms with Crippen LogP contribution in [0.3, 0.4) is 0 Å². The zero-order chi connectivity index (χ0) is 14.8. The topological polar surface area (TPSA) is 99.3 Å². The molecule has 0 radical (unpaired) electrons. The van der Waals surface area contributed by atoms with Gasteiger partial charge in [-0.05, 0) is 24.5 Å². The highest BCUT2D eigenvalue weighted by molar-refractivity contribution is 7.99. The highest BCUT2D eigenvalue weighted by Gasteiger charge is 2.19. The maximum atomic E-state index is 12.2. The van der Waals surface area contributed by atoms with E-state index in [9.17, 15) is 13.2 Å². The molecule has 2 rings (SSSR count). The molecule has 6 nitrogen and oxygen atoms in total. The second-order valence-corrected chi connectivity index (χ2v) is 6.39. The smallest absolute Gasteiger partial charge is 0.352 e. The molecule has 0 amide bonds. The standard InChI is InChI=1S/C12H12N2O4S2/c1-19-11-5-3-2-4-9(11)14-20(17,18)8-6-10(12(15)16)13-7-8/h2-7,13-14H,1H3,(H,15,16). The summed E-state index contributed by atoms with van der Waals surface area (Å²) in [5.74, 6) is -1.21. The molecule has 8 heteroatoms. The van der Waals surface area contributed by atoms with Crippen LogP contribution in [0, 0.1) is 0 Å². The second kappa shape index (κ2) is 5.59. The van der Waals surface area contributed by atoms with Crippen molar-refractivity contribution in [3.8, 4) is 0 Å². The van der Waals surface area contributed by atoms with Crippen molar-refractivity contribution in [2.75, 3.05) is 11.0 Å². The lowest BCUT2D eigenvalue weighted by atomic mass is 10.3. The number of anilines is 1. The maximum absolute atomic E-state index is 12.2. The number of rotatable bonds is 5. The highest BCUT2D eigenvalue weighted by atomic mass is 32.2. The van der Waals surface area contributed by atoms with E-state index in [4.69, 9.17) is 5.11 Å². The third kappa shape index (κ3) is 2.97. The summed E-state index contributed by atoms with van der Waals surface area (Å²) in [7, 11) is -3.82. The number of thioether (sulfide) groups is 1. The number of carboxylic acid groups (broad SMARTS) is 1. The van der Waals surface area contributed by atoms with E-state index in [1.807, 2.05) is 12.3 Å². The lowest BCUT2D eigenvalue weighted by molar-refractivity contribution is 0.0691. The first kappa shape index (κ1) is 14.5. The average molecular weight is 312 g/mol. The van der Waals surface area contributed by atoms with Crippen molar-refractivity contribution in [2.24, 2.45) is 0 Å². The van der Waals surface area contributed by atoms with Gasteiger partial charge in [-0.2, -0.15) is 0 Å². The van der Waals surface area contributed by atoms with Crippen LogP contribution in [0.4, 0.5) is 5.69 Å². The molecule has 0 fully saturated rings. The molecule has 0 aliphatic rings. The Morgan fingerprint density at radius 2 is 2.05 bits per heavy atom. The van der Waals surface area contributed by atoms with Gasteiger partial charge in [-0.3, -0.25) is 4.72 Å².